The Morgan fingerprint density at radius 1 is 1.19 bits per heavy atom. The predicted octanol–water partition coefficient (Wildman–Crippen LogP) is 2.20. The third kappa shape index (κ3) is 4.43. The van der Waals surface area contributed by atoms with Gasteiger partial charge in [0.25, 0.3) is 0 Å². The van der Waals surface area contributed by atoms with Crippen molar-refractivity contribution < 1.29 is 19.4 Å². The highest BCUT2D eigenvalue weighted by atomic mass is 16.5. The molecule has 2 aliphatic rings. The van der Waals surface area contributed by atoms with Gasteiger partial charge in [-0.15, -0.1) is 0 Å². The minimum Gasteiger partial charge on any atom is -0.480 e. The van der Waals surface area contributed by atoms with Crippen molar-refractivity contribution >= 4 is 11.9 Å². The zero-order chi connectivity index (χ0) is 15.2. The molecule has 0 aromatic heterocycles. The number of amides is 1. The fourth-order valence-electron chi connectivity index (χ4n) is 3.89. The Morgan fingerprint density at radius 2 is 1.90 bits per heavy atom. The van der Waals surface area contributed by atoms with E-state index in [9.17, 15) is 9.59 Å². The van der Waals surface area contributed by atoms with Crippen LogP contribution in [0.15, 0.2) is 0 Å². The average molecular weight is 297 g/mol. The van der Waals surface area contributed by atoms with Gasteiger partial charge in [0, 0.05) is 26.1 Å². The Morgan fingerprint density at radius 3 is 2.57 bits per heavy atom. The molecule has 2 aliphatic carbocycles. The third-order valence-corrected chi connectivity index (χ3v) is 5.14. The molecule has 2 rings (SSSR count). The van der Waals surface area contributed by atoms with Crippen molar-refractivity contribution in [3.63, 3.8) is 0 Å². The summed E-state index contributed by atoms with van der Waals surface area (Å²) in [4.78, 5) is 23.5. The molecule has 2 saturated carbocycles. The van der Waals surface area contributed by atoms with E-state index in [-0.39, 0.29) is 11.8 Å². The number of nitrogens with one attached hydrogen (secondary N) is 1. The number of fused-ring (bicyclic) bond motifs is 1. The van der Waals surface area contributed by atoms with E-state index < -0.39 is 12.0 Å². The van der Waals surface area contributed by atoms with Crippen LogP contribution in [0.2, 0.25) is 0 Å². The van der Waals surface area contributed by atoms with Gasteiger partial charge in [-0.05, 0) is 31.1 Å². The van der Waals surface area contributed by atoms with Crippen molar-refractivity contribution in [2.75, 3.05) is 13.7 Å². The maximum Gasteiger partial charge on any atom is 0.326 e. The summed E-state index contributed by atoms with van der Waals surface area (Å²) in [5.74, 6) is 0.403. The molecular weight excluding hydrogens is 270 g/mol. The molecule has 5 heteroatoms. The van der Waals surface area contributed by atoms with Gasteiger partial charge in [-0.2, -0.15) is 0 Å². The number of methoxy groups -OCH3 is 1. The van der Waals surface area contributed by atoms with Crippen molar-refractivity contribution in [3.05, 3.63) is 0 Å². The van der Waals surface area contributed by atoms with Gasteiger partial charge in [-0.3, -0.25) is 4.79 Å². The number of rotatable bonds is 6. The number of ether oxygens (including phenoxy) is 1. The van der Waals surface area contributed by atoms with Gasteiger partial charge in [-0.1, -0.05) is 25.7 Å². The van der Waals surface area contributed by atoms with Gasteiger partial charge >= 0.3 is 5.97 Å². The average Bonchev–Trinajstić information content (AvgIpc) is 2.50. The van der Waals surface area contributed by atoms with Crippen molar-refractivity contribution in [2.24, 2.45) is 17.8 Å². The van der Waals surface area contributed by atoms with Crippen LogP contribution in [0.4, 0.5) is 0 Å². The Kier molecular flexibility index (Phi) is 6.03. The summed E-state index contributed by atoms with van der Waals surface area (Å²) < 4.78 is 4.91. The van der Waals surface area contributed by atoms with Crippen LogP contribution >= 0.6 is 0 Å². The molecule has 0 spiro atoms. The van der Waals surface area contributed by atoms with Gasteiger partial charge in [-0.25, -0.2) is 4.79 Å². The van der Waals surface area contributed by atoms with Crippen molar-refractivity contribution in [1.29, 1.82) is 0 Å². The van der Waals surface area contributed by atoms with Crippen LogP contribution in [0.1, 0.15) is 51.4 Å². The van der Waals surface area contributed by atoms with Gasteiger partial charge in [0.15, 0.2) is 0 Å². The van der Waals surface area contributed by atoms with E-state index in [2.05, 4.69) is 5.32 Å². The lowest BCUT2D eigenvalue weighted by Crippen LogP contribution is -2.46. The molecule has 0 aromatic rings. The largest absolute Gasteiger partial charge is 0.480 e. The predicted molar refractivity (Wildman–Crippen MR) is 78.8 cm³/mol. The summed E-state index contributed by atoms with van der Waals surface area (Å²) in [7, 11) is 1.53. The Bertz CT molecular complexity index is 371. The lowest BCUT2D eigenvalue weighted by Gasteiger charge is -2.39. The third-order valence-electron chi connectivity index (χ3n) is 5.14. The van der Waals surface area contributed by atoms with Gasteiger partial charge in [0.2, 0.25) is 5.91 Å². The van der Waals surface area contributed by atoms with Crippen LogP contribution in [-0.4, -0.2) is 36.7 Å². The summed E-state index contributed by atoms with van der Waals surface area (Å²) in [5.41, 5.74) is 0. The molecular formula is C16H27NO4. The highest BCUT2D eigenvalue weighted by Crippen LogP contribution is 2.42. The summed E-state index contributed by atoms with van der Waals surface area (Å²) in [6, 6.07) is -0.832. The molecule has 4 atom stereocenters. The number of carbonyl (C=O) groups is 2. The number of carboxylic acid groups (broad SMARTS) is 1. The second kappa shape index (κ2) is 7.78. The monoisotopic (exact) mass is 297 g/mol. The van der Waals surface area contributed by atoms with Crippen LogP contribution in [-0.2, 0) is 14.3 Å². The molecule has 0 heterocycles. The molecule has 5 nitrogen and oxygen atoms in total. The van der Waals surface area contributed by atoms with E-state index in [1.165, 1.54) is 32.8 Å². The fourth-order valence-corrected chi connectivity index (χ4v) is 3.89. The number of hydrogen-bond acceptors (Lipinski definition) is 3. The summed E-state index contributed by atoms with van der Waals surface area (Å²) >= 11 is 0. The molecule has 1 amide bonds. The van der Waals surface area contributed by atoms with Gasteiger partial charge in [0.1, 0.15) is 6.04 Å². The van der Waals surface area contributed by atoms with Crippen molar-refractivity contribution in [1.82, 2.24) is 5.32 Å². The summed E-state index contributed by atoms with van der Waals surface area (Å²) in [6.45, 7) is 0.340. The first-order chi connectivity index (χ1) is 10.1. The second-order valence-corrected chi connectivity index (χ2v) is 6.50. The van der Waals surface area contributed by atoms with Crippen LogP contribution in [0, 0.1) is 17.8 Å². The summed E-state index contributed by atoms with van der Waals surface area (Å²) in [6.07, 6.45) is 8.44. The number of hydrogen-bond donors (Lipinski definition) is 2. The SMILES string of the molecule is COCCC(NC(=O)C1CCC2CCCCC2C1)C(=O)O. The molecule has 0 bridgehead atoms. The Balaban J connectivity index is 1.85. The lowest BCUT2D eigenvalue weighted by atomic mass is 9.67. The van der Waals surface area contributed by atoms with E-state index in [4.69, 9.17) is 9.84 Å². The maximum absolute atomic E-state index is 12.3. The normalized spacial score (nSPS) is 30.2. The highest BCUT2D eigenvalue weighted by Gasteiger charge is 2.35. The molecule has 0 aliphatic heterocycles. The first kappa shape index (κ1) is 16.3. The minimum atomic E-state index is -0.980. The molecule has 2 N–H and O–H groups in total. The van der Waals surface area contributed by atoms with E-state index >= 15 is 0 Å². The molecule has 0 radical (unpaired) electrons. The topological polar surface area (TPSA) is 75.6 Å². The molecule has 21 heavy (non-hydrogen) atoms. The smallest absolute Gasteiger partial charge is 0.326 e. The van der Waals surface area contributed by atoms with Gasteiger partial charge < -0.3 is 15.2 Å². The maximum atomic E-state index is 12.3. The van der Waals surface area contributed by atoms with E-state index in [1.807, 2.05) is 0 Å². The number of carbonyl (C=O) groups excluding carboxylic acids is 1. The molecule has 2 fully saturated rings. The van der Waals surface area contributed by atoms with E-state index in [0.29, 0.717) is 18.9 Å². The van der Waals surface area contributed by atoms with Crippen LogP contribution in [0.5, 0.6) is 0 Å². The van der Waals surface area contributed by atoms with Gasteiger partial charge in [0.05, 0.1) is 0 Å². The van der Waals surface area contributed by atoms with E-state index in [1.54, 1.807) is 0 Å². The van der Waals surface area contributed by atoms with Crippen molar-refractivity contribution in [2.45, 2.75) is 57.4 Å². The minimum absolute atomic E-state index is 0.00579. The number of aliphatic carboxylic acids is 1. The van der Waals surface area contributed by atoms with Crippen LogP contribution < -0.4 is 5.32 Å². The lowest BCUT2D eigenvalue weighted by molar-refractivity contribution is -0.143. The van der Waals surface area contributed by atoms with Crippen LogP contribution in [0.25, 0.3) is 0 Å². The molecule has 120 valence electrons. The zero-order valence-electron chi connectivity index (χ0n) is 12.8. The van der Waals surface area contributed by atoms with Crippen molar-refractivity contribution in [3.8, 4) is 0 Å². The first-order valence-corrected chi connectivity index (χ1v) is 8.14. The summed E-state index contributed by atoms with van der Waals surface area (Å²) in [5, 5.41) is 11.9. The number of carboxylic acids is 1. The Hall–Kier alpha value is -1.10. The fraction of sp³-hybridized carbons (Fsp3) is 0.875. The van der Waals surface area contributed by atoms with E-state index in [0.717, 1.165) is 25.2 Å². The molecule has 4 unspecified atom stereocenters. The molecule has 0 aromatic carbocycles. The zero-order valence-corrected chi connectivity index (χ0v) is 12.8. The standard InChI is InChI=1S/C16H27NO4/c1-21-9-8-14(16(19)20)17-15(18)13-7-6-11-4-2-3-5-12(11)10-13/h11-14H,2-10H2,1H3,(H,17,18)(H,19,20). The quantitative estimate of drug-likeness (QED) is 0.788. The molecule has 0 saturated heterocycles. The Labute approximate surface area is 126 Å². The highest BCUT2D eigenvalue weighted by molar-refractivity contribution is 5.85. The van der Waals surface area contributed by atoms with Crippen LogP contribution in [0.3, 0.4) is 0 Å². The second-order valence-electron chi connectivity index (χ2n) is 6.50. The first-order valence-electron chi connectivity index (χ1n) is 8.14.